The number of nitrogens with zero attached hydrogens (tertiary/aromatic N) is 6. The maximum Gasteiger partial charge on any atom is 0.353 e. The van der Waals surface area contributed by atoms with E-state index in [1.807, 2.05) is 43.3 Å². The van der Waals surface area contributed by atoms with Crippen molar-refractivity contribution in [1.82, 2.24) is 29.1 Å². The molecule has 0 bridgehead atoms. The molecule has 170 valence electrons. The topological polar surface area (TPSA) is 113 Å². The summed E-state index contributed by atoms with van der Waals surface area (Å²) in [5.41, 5.74) is 10.4. The van der Waals surface area contributed by atoms with E-state index in [0.29, 0.717) is 33.5 Å². The van der Waals surface area contributed by atoms with Gasteiger partial charge in [0.15, 0.2) is 5.65 Å². The Hall–Kier alpha value is -4.24. The van der Waals surface area contributed by atoms with Crippen LogP contribution in [0.4, 0.5) is 5.95 Å². The molecule has 0 aliphatic rings. The lowest BCUT2D eigenvalue weighted by atomic mass is 10.0. The van der Waals surface area contributed by atoms with Crippen molar-refractivity contribution in [2.75, 3.05) is 12.8 Å². The van der Waals surface area contributed by atoms with Gasteiger partial charge in [-0.25, -0.2) is 23.8 Å². The smallest absolute Gasteiger partial charge is 0.353 e. The van der Waals surface area contributed by atoms with Crippen LogP contribution in [0.2, 0.25) is 5.15 Å². The summed E-state index contributed by atoms with van der Waals surface area (Å²) >= 11 is 6.28. The van der Waals surface area contributed by atoms with Gasteiger partial charge in [-0.3, -0.25) is 4.98 Å². The number of aryl methyl sites for hydroxylation is 1. The average Bonchev–Trinajstić information content (AvgIpc) is 3.15. The van der Waals surface area contributed by atoms with Gasteiger partial charge in [0.05, 0.1) is 36.8 Å². The number of halogens is 1. The normalized spacial score (nSPS) is 11.1. The molecule has 4 aromatic heterocycles. The summed E-state index contributed by atoms with van der Waals surface area (Å²) in [6.45, 7) is 2.00. The number of anilines is 1. The van der Waals surface area contributed by atoms with Crippen LogP contribution in [0.3, 0.4) is 0 Å². The molecule has 0 spiro atoms. The van der Waals surface area contributed by atoms with E-state index in [4.69, 9.17) is 22.1 Å². The van der Waals surface area contributed by atoms with E-state index in [1.54, 1.807) is 31.5 Å². The maximum absolute atomic E-state index is 13.3. The number of nitrogens with two attached hydrogens (primary N) is 1. The summed E-state index contributed by atoms with van der Waals surface area (Å²) < 4.78 is 7.77. The minimum atomic E-state index is -0.421. The highest BCUT2D eigenvalue weighted by Gasteiger charge is 2.22. The van der Waals surface area contributed by atoms with E-state index in [0.717, 1.165) is 16.8 Å². The molecule has 0 aliphatic heterocycles. The Balaban J connectivity index is 1.77. The van der Waals surface area contributed by atoms with Crippen LogP contribution in [-0.2, 0) is 6.54 Å². The predicted octanol–water partition coefficient (Wildman–Crippen LogP) is 3.62. The minimum Gasteiger partial charge on any atom is -0.495 e. The molecule has 1 aromatic carbocycles. The Morgan fingerprint density at radius 1 is 1.06 bits per heavy atom. The molecule has 0 atom stereocenters. The third-order valence-electron chi connectivity index (χ3n) is 5.36. The molecule has 34 heavy (non-hydrogen) atoms. The summed E-state index contributed by atoms with van der Waals surface area (Å²) in [4.78, 5) is 26.5. The number of ether oxygens (including phenoxy) is 1. The number of hydrogen-bond acceptors (Lipinski definition) is 7. The molecule has 0 radical (unpaired) electrons. The first kappa shape index (κ1) is 21.6. The van der Waals surface area contributed by atoms with E-state index in [2.05, 4.69) is 20.1 Å². The van der Waals surface area contributed by atoms with Crippen LogP contribution in [0.25, 0.3) is 28.0 Å². The number of aromatic nitrogens is 6. The lowest BCUT2D eigenvalue weighted by Gasteiger charge is -2.12. The molecule has 4 heterocycles. The molecule has 10 heteroatoms. The second-order valence-corrected chi connectivity index (χ2v) is 8.06. The van der Waals surface area contributed by atoms with E-state index in [1.165, 1.54) is 9.08 Å². The number of fused-ring (bicyclic) bond motifs is 1. The fourth-order valence-corrected chi connectivity index (χ4v) is 4.08. The second kappa shape index (κ2) is 8.60. The molecule has 2 N–H and O–H groups in total. The largest absolute Gasteiger partial charge is 0.495 e. The first-order valence-corrected chi connectivity index (χ1v) is 10.8. The van der Waals surface area contributed by atoms with E-state index < -0.39 is 5.69 Å². The van der Waals surface area contributed by atoms with Gasteiger partial charge in [0.2, 0.25) is 5.95 Å². The molecule has 0 amide bonds. The standard InChI is InChI=1S/C24H20ClN7O2/c1-14-10-16(11-19(25)28-14)20-21(15-6-4-3-5-7-15)29-23(26)32-22(20)30-31(24(32)33)13-17-8-9-18(34-2)12-27-17/h3-12H,13H2,1-2H3,(H2,26,29). The van der Waals surface area contributed by atoms with E-state index in [9.17, 15) is 4.79 Å². The highest BCUT2D eigenvalue weighted by Crippen LogP contribution is 2.35. The van der Waals surface area contributed by atoms with Gasteiger partial charge in [0.25, 0.3) is 0 Å². The Kier molecular flexibility index (Phi) is 5.46. The molecule has 0 saturated carbocycles. The maximum atomic E-state index is 13.3. The van der Waals surface area contributed by atoms with Crippen LogP contribution in [0.15, 0.2) is 65.6 Å². The summed E-state index contributed by atoms with van der Waals surface area (Å²) in [6, 6.07) is 16.7. The highest BCUT2D eigenvalue weighted by atomic mass is 35.5. The van der Waals surface area contributed by atoms with Crippen LogP contribution in [0.5, 0.6) is 5.75 Å². The molecule has 5 aromatic rings. The lowest BCUT2D eigenvalue weighted by Crippen LogP contribution is -2.24. The molecule has 9 nitrogen and oxygen atoms in total. The number of methoxy groups -OCH3 is 1. The van der Waals surface area contributed by atoms with Crippen LogP contribution < -0.4 is 16.2 Å². The van der Waals surface area contributed by atoms with Crippen LogP contribution in [0.1, 0.15) is 11.4 Å². The van der Waals surface area contributed by atoms with Crippen molar-refractivity contribution in [2.24, 2.45) is 0 Å². The van der Waals surface area contributed by atoms with Crippen molar-refractivity contribution in [3.8, 4) is 28.1 Å². The molecule has 0 aliphatic carbocycles. The third-order valence-corrected chi connectivity index (χ3v) is 5.55. The van der Waals surface area contributed by atoms with E-state index >= 15 is 0 Å². The van der Waals surface area contributed by atoms with Gasteiger partial charge in [-0.15, -0.1) is 5.10 Å². The quantitative estimate of drug-likeness (QED) is 0.388. The third kappa shape index (κ3) is 3.86. The molecule has 5 rings (SSSR count). The zero-order chi connectivity index (χ0) is 23.8. The summed E-state index contributed by atoms with van der Waals surface area (Å²) in [5, 5.41) is 4.97. The molecular weight excluding hydrogens is 454 g/mol. The van der Waals surface area contributed by atoms with Gasteiger partial charge >= 0.3 is 5.69 Å². The zero-order valence-electron chi connectivity index (χ0n) is 18.4. The van der Waals surface area contributed by atoms with Gasteiger partial charge < -0.3 is 10.5 Å². The van der Waals surface area contributed by atoms with Crippen molar-refractivity contribution in [3.05, 3.63) is 87.8 Å². The van der Waals surface area contributed by atoms with Crippen LogP contribution in [0, 0.1) is 6.92 Å². The molecule has 0 unspecified atom stereocenters. The molecule has 0 saturated heterocycles. The number of pyridine rings is 2. The fraction of sp³-hybridized carbons (Fsp3) is 0.125. The number of benzene rings is 1. The molecular formula is C24H20ClN7O2. The minimum absolute atomic E-state index is 0.0356. The SMILES string of the molecule is COc1ccc(Cn2nc3c(-c4cc(C)nc(Cl)c4)c(-c4ccccc4)nc(N)n3c2=O)nc1. The van der Waals surface area contributed by atoms with Crippen molar-refractivity contribution >= 4 is 23.2 Å². The average molecular weight is 474 g/mol. The molecule has 0 fully saturated rings. The van der Waals surface area contributed by atoms with Gasteiger partial charge in [-0.2, -0.15) is 0 Å². The highest BCUT2D eigenvalue weighted by molar-refractivity contribution is 6.29. The lowest BCUT2D eigenvalue weighted by molar-refractivity contribution is 0.412. The summed E-state index contributed by atoms with van der Waals surface area (Å²) in [6.07, 6.45) is 1.59. The first-order chi connectivity index (χ1) is 16.4. The van der Waals surface area contributed by atoms with E-state index in [-0.39, 0.29) is 12.5 Å². The van der Waals surface area contributed by atoms with Gasteiger partial charge in [0, 0.05) is 11.3 Å². The number of hydrogen-bond donors (Lipinski definition) is 1. The van der Waals surface area contributed by atoms with Gasteiger partial charge in [-0.1, -0.05) is 41.9 Å². The van der Waals surface area contributed by atoms with Crippen molar-refractivity contribution in [3.63, 3.8) is 0 Å². The first-order valence-electron chi connectivity index (χ1n) is 10.4. The zero-order valence-corrected chi connectivity index (χ0v) is 19.2. The van der Waals surface area contributed by atoms with Crippen molar-refractivity contribution in [2.45, 2.75) is 13.5 Å². The fourth-order valence-electron chi connectivity index (χ4n) is 3.83. The Bertz CT molecular complexity index is 1540. The Morgan fingerprint density at radius 3 is 2.53 bits per heavy atom. The second-order valence-electron chi connectivity index (χ2n) is 7.67. The summed E-state index contributed by atoms with van der Waals surface area (Å²) in [5.74, 6) is 0.660. The number of nitrogen functional groups attached to an aromatic ring is 1. The Labute approximate surface area is 199 Å². The number of rotatable bonds is 5. The predicted molar refractivity (Wildman–Crippen MR) is 130 cm³/mol. The van der Waals surface area contributed by atoms with Gasteiger partial charge in [-0.05, 0) is 36.8 Å². The van der Waals surface area contributed by atoms with Crippen LogP contribution >= 0.6 is 11.6 Å². The monoisotopic (exact) mass is 473 g/mol. The summed E-state index contributed by atoms with van der Waals surface area (Å²) in [7, 11) is 1.57. The van der Waals surface area contributed by atoms with Crippen molar-refractivity contribution in [1.29, 1.82) is 0 Å². The van der Waals surface area contributed by atoms with Gasteiger partial charge in [0.1, 0.15) is 10.9 Å². The van der Waals surface area contributed by atoms with Crippen molar-refractivity contribution < 1.29 is 4.74 Å². The van der Waals surface area contributed by atoms with Crippen LogP contribution in [-0.4, -0.2) is 36.2 Å². The Morgan fingerprint density at radius 2 is 1.85 bits per heavy atom.